The SMILES string of the molecule is Cc1cnn(C(=S)Nc2ccc(F)c(Cl)c2)c1. The molecule has 0 saturated heterocycles. The maximum absolute atomic E-state index is 13.0. The van der Waals surface area contributed by atoms with Crippen molar-refractivity contribution in [1.82, 2.24) is 9.78 Å². The van der Waals surface area contributed by atoms with Crippen LogP contribution in [0, 0.1) is 12.7 Å². The Bertz CT molecular complexity index is 568. The van der Waals surface area contributed by atoms with Gasteiger partial charge in [-0.25, -0.2) is 9.07 Å². The molecular weight excluding hydrogens is 261 g/mol. The maximum Gasteiger partial charge on any atom is 0.198 e. The van der Waals surface area contributed by atoms with Crippen LogP contribution in [-0.4, -0.2) is 14.9 Å². The molecule has 0 unspecified atom stereocenters. The Morgan fingerprint density at radius 1 is 1.53 bits per heavy atom. The Hall–Kier alpha value is -1.46. The number of rotatable bonds is 1. The monoisotopic (exact) mass is 269 g/mol. The van der Waals surface area contributed by atoms with Gasteiger partial charge in [-0.15, -0.1) is 0 Å². The van der Waals surface area contributed by atoms with Crippen molar-refractivity contribution in [2.24, 2.45) is 0 Å². The number of aryl methyl sites for hydroxylation is 1. The molecule has 1 heterocycles. The lowest BCUT2D eigenvalue weighted by molar-refractivity contribution is 0.628. The van der Waals surface area contributed by atoms with Crippen LogP contribution >= 0.6 is 23.8 Å². The van der Waals surface area contributed by atoms with E-state index in [0.717, 1.165) is 5.56 Å². The Kier molecular flexibility index (Phi) is 3.40. The van der Waals surface area contributed by atoms with Crippen molar-refractivity contribution in [1.29, 1.82) is 0 Å². The topological polar surface area (TPSA) is 29.9 Å². The minimum Gasteiger partial charge on any atom is -0.331 e. The zero-order valence-electron chi connectivity index (χ0n) is 8.95. The van der Waals surface area contributed by atoms with Gasteiger partial charge in [-0.2, -0.15) is 5.10 Å². The van der Waals surface area contributed by atoms with E-state index in [1.165, 1.54) is 16.8 Å². The second-order valence-electron chi connectivity index (χ2n) is 3.52. The van der Waals surface area contributed by atoms with Crippen LogP contribution in [0.25, 0.3) is 0 Å². The third-order valence-electron chi connectivity index (χ3n) is 2.09. The fourth-order valence-electron chi connectivity index (χ4n) is 1.28. The standard InChI is InChI=1S/C11H9ClFN3S/c1-7-5-14-16(6-7)11(17)15-8-2-3-10(13)9(12)4-8/h2-6H,1H3,(H,15,17). The van der Waals surface area contributed by atoms with E-state index in [1.807, 2.05) is 6.92 Å². The molecule has 3 nitrogen and oxygen atoms in total. The summed E-state index contributed by atoms with van der Waals surface area (Å²) in [6, 6.07) is 4.31. The number of anilines is 1. The van der Waals surface area contributed by atoms with Crippen LogP contribution in [0.3, 0.4) is 0 Å². The molecule has 0 aliphatic carbocycles. The quantitative estimate of drug-likeness (QED) is 0.806. The first kappa shape index (κ1) is 12.0. The summed E-state index contributed by atoms with van der Waals surface area (Å²) in [7, 11) is 0. The van der Waals surface area contributed by atoms with E-state index in [0.29, 0.717) is 10.8 Å². The van der Waals surface area contributed by atoms with Gasteiger partial charge in [-0.05, 0) is 42.9 Å². The van der Waals surface area contributed by atoms with Gasteiger partial charge >= 0.3 is 0 Å². The van der Waals surface area contributed by atoms with Crippen LogP contribution in [0.1, 0.15) is 5.56 Å². The van der Waals surface area contributed by atoms with Gasteiger partial charge in [0.2, 0.25) is 0 Å². The number of aromatic nitrogens is 2. The van der Waals surface area contributed by atoms with Crippen LogP contribution in [-0.2, 0) is 0 Å². The number of nitrogens with zero attached hydrogens (tertiary/aromatic N) is 2. The van der Waals surface area contributed by atoms with E-state index in [-0.39, 0.29) is 5.02 Å². The fourth-order valence-corrected chi connectivity index (χ4v) is 1.68. The number of hydrogen-bond acceptors (Lipinski definition) is 2. The zero-order chi connectivity index (χ0) is 12.4. The summed E-state index contributed by atoms with van der Waals surface area (Å²) in [4.78, 5) is 0. The highest BCUT2D eigenvalue weighted by Gasteiger charge is 2.04. The van der Waals surface area contributed by atoms with Crippen LogP contribution < -0.4 is 5.32 Å². The van der Waals surface area contributed by atoms with Gasteiger partial charge in [0.25, 0.3) is 0 Å². The molecule has 0 bridgehead atoms. The maximum atomic E-state index is 13.0. The number of thiocarbonyl (C=S) groups is 1. The highest BCUT2D eigenvalue weighted by atomic mass is 35.5. The van der Waals surface area contributed by atoms with E-state index in [2.05, 4.69) is 10.4 Å². The van der Waals surface area contributed by atoms with Gasteiger partial charge in [0.15, 0.2) is 5.11 Å². The van der Waals surface area contributed by atoms with Crippen LogP contribution in [0.15, 0.2) is 30.6 Å². The smallest absolute Gasteiger partial charge is 0.198 e. The van der Waals surface area contributed by atoms with Crippen molar-refractivity contribution in [3.05, 3.63) is 47.0 Å². The molecule has 0 amide bonds. The first-order chi connectivity index (χ1) is 8.06. The van der Waals surface area contributed by atoms with Gasteiger partial charge in [0, 0.05) is 11.9 Å². The minimum atomic E-state index is -0.460. The van der Waals surface area contributed by atoms with E-state index < -0.39 is 5.82 Å². The van der Waals surface area contributed by atoms with Crippen molar-refractivity contribution in [2.75, 3.05) is 5.32 Å². The third kappa shape index (κ3) is 2.81. The van der Waals surface area contributed by atoms with Crippen molar-refractivity contribution in [3.8, 4) is 0 Å². The Balaban J connectivity index is 2.15. The van der Waals surface area contributed by atoms with Gasteiger partial charge in [0.1, 0.15) is 5.82 Å². The highest BCUT2D eigenvalue weighted by molar-refractivity contribution is 7.80. The molecule has 1 aromatic heterocycles. The van der Waals surface area contributed by atoms with E-state index in [9.17, 15) is 4.39 Å². The molecule has 2 aromatic rings. The van der Waals surface area contributed by atoms with Crippen molar-refractivity contribution in [3.63, 3.8) is 0 Å². The molecule has 17 heavy (non-hydrogen) atoms. The van der Waals surface area contributed by atoms with Gasteiger partial charge < -0.3 is 5.32 Å². The lowest BCUT2D eigenvalue weighted by Gasteiger charge is -2.08. The summed E-state index contributed by atoms with van der Waals surface area (Å²) in [6.45, 7) is 1.92. The Morgan fingerprint density at radius 2 is 2.29 bits per heavy atom. The first-order valence-corrected chi connectivity index (χ1v) is 5.62. The summed E-state index contributed by atoms with van der Waals surface area (Å²) in [5.41, 5.74) is 1.63. The Labute approximate surface area is 108 Å². The summed E-state index contributed by atoms with van der Waals surface area (Å²) >= 11 is 10.8. The molecule has 2 rings (SSSR count). The molecule has 0 saturated carbocycles. The van der Waals surface area contributed by atoms with Crippen LogP contribution in [0.4, 0.5) is 10.1 Å². The zero-order valence-corrected chi connectivity index (χ0v) is 10.5. The number of benzene rings is 1. The van der Waals surface area contributed by atoms with Crippen molar-refractivity contribution >= 4 is 34.6 Å². The van der Waals surface area contributed by atoms with E-state index in [1.54, 1.807) is 18.5 Å². The largest absolute Gasteiger partial charge is 0.331 e. The number of hydrogen-bond donors (Lipinski definition) is 1. The Morgan fingerprint density at radius 3 is 2.88 bits per heavy atom. The lowest BCUT2D eigenvalue weighted by atomic mass is 10.3. The molecule has 0 atom stereocenters. The molecule has 0 fully saturated rings. The molecule has 6 heteroatoms. The molecule has 88 valence electrons. The molecule has 1 aromatic carbocycles. The van der Waals surface area contributed by atoms with E-state index in [4.69, 9.17) is 23.8 Å². The van der Waals surface area contributed by atoms with E-state index >= 15 is 0 Å². The molecule has 0 radical (unpaired) electrons. The predicted octanol–water partition coefficient (Wildman–Crippen LogP) is 3.23. The molecule has 0 aliphatic heterocycles. The van der Waals surface area contributed by atoms with Crippen molar-refractivity contribution in [2.45, 2.75) is 6.92 Å². The van der Waals surface area contributed by atoms with Gasteiger partial charge in [-0.1, -0.05) is 11.6 Å². The predicted molar refractivity (Wildman–Crippen MR) is 70.0 cm³/mol. The third-order valence-corrected chi connectivity index (χ3v) is 2.67. The molecule has 0 aliphatic rings. The summed E-state index contributed by atoms with van der Waals surface area (Å²) in [5, 5.41) is 7.43. The number of halogens is 2. The van der Waals surface area contributed by atoms with Gasteiger partial charge in [0.05, 0.1) is 11.2 Å². The highest BCUT2D eigenvalue weighted by Crippen LogP contribution is 2.19. The normalized spacial score (nSPS) is 10.3. The second-order valence-corrected chi connectivity index (χ2v) is 4.32. The summed E-state index contributed by atoms with van der Waals surface area (Å²) in [6.07, 6.45) is 3.49. The lowest BCUT2D eigenvalue weighted by Crippen LogP contribution is -2.19. The molecular formula is C11H9ClFN3S. The number of nitrogens with one attached hydrogen (secondary N) is 1. The summed E-state index contributed by atoms with van der Waals surface area (Å²) in [5.74, 6) is -0.460. The average molecular weight is 270 g/mol. The second kappa shape index (κ2) is 4.81. The fraction of sp³-hybridized carbons (Fsp3) is 0.0909. The van der Waals surface area contributed by atoms with Crippen molar-refractivity contribution < 1.29 is 4.39 Å². The van der Waals surface area contributed by atoms with Gasteiger partial charge in [-0.3, -0.25) is 0 Å². The minimum absolute atomic E-state index is 0.0504. The molecule has 1 N–H and O–H groups in total. The van der Waals surface area contributed by atoms with Crippen LogP contribution in [0.2, 0.25) is 5.02 Å². The summed E-state index contributed by atoms with van der Waals surface area (Å²) < 4.78 is 14.5. The van der Waals surface area contributed by atoms with Crippen LogP contribution in [0.5, 0.6) is 0 Å². The first-order valence-electron chi connectivity index (χ1n) is 4.84. The molecule has 0 spiro atoms. The average Bonchev–Trinajstić information content (AvgIpc) is 2.70.